The van der Waals surface area contributed by atoms with Gasteiger partial charge >= 0.3 is 11.9 Å². The van der Waals surface area contributed by atoms with Crippen molar-refractivity contribution in [1.29, 1.82) is 0 Å². The number of benzene rings is 1. The fourth-order valence-electron chi connectivity index (χ4n) is 1.86. The Morgan fingerprint density at radius 1 is 1.08 bits per heavy atom. The fourth-order valence-corrected chi connectivity index (χ4v) is 2.33. The Labute approximate surface area is 150 Å². The Kier molecular flexibility index (Phi) is 10.8. The van der Waals surface area contributed by atoms with E-state index in [1.807, 2.05) is 12.1 Å². The Morgan fingerprint density at radius 2 is 1.54 bits per heavy atom. The molecular weight excluding hydrogens is 382 g/mol. The number of halogens is 1. The molecule has 0 atom stereocenters. The molecule has 0 aliphatic carbocycles. The molecule has 0 aliphatic heterocycles. The molecule has 0 unspecified atom stereocenters. The van der Waals surface area contributed by atoms with Crippen molar-refractivity contribution in [1.82, 2.24) is 5.32 Å². The lowest BCUT2D eigenvalue weighted by Crippen LogP contribution is -2.27. The largest absolute Gasteiger partial charge is 0.493 e. The third-order valence-electron chi connectivity index (χ3n) is 3.30. The molecule has 0 fully saturated rings. The lowest BCUT2D eigenvalue weighted by Gasteiger charge is -2.17. The van der Waals surface area contributed by atoms with Crippen LogP contribution in [0.1, 0.15) is 32.3 Å². The molecule has 7 nitrogen and oxygen atoms in total. The van der Waals surface area contributed by atoms with Crippen LogP contribution in [0, 0.1) is 0 Å². The summed E-state index contributed by atoms with van der Waals surface area (Å²) in [5.74, 6) is -2.14. The number of rotatable bonds is 7. The third-order valence-corrected chi connectivity index (χ3v) is 4.04. The monoisotopic (exact) mass is 405 g/mol. The zero-order chi connectivity index (χ0) is 18.7. The summed E-state index contributed by atoms with van der Waals surface area (Å²) in [4.78, 5) is 18.2. The molecule has 3 N–H and O–H groups in total. The van der Waals surface area contributed by atoms with Crippen molar-refractivity contribution >= 4 is 27.9 Å². The maximum atomic E-state index is 9.10. The van der Waals surface area contributed by atoms with E-state index in [0.29, 0.717) is 6.04 Å². The number of aliphatic carboxylic acids is 2. The molecule has 0 aromatic heterocycles. The number of carbonyl (C=O) groups is 2. The zero-order valence-electron chi connectivity index (χ0n) is 14.3. The second-order valence-corrected chi connectivity index (χ2v) is 5.66. The summed E-state index contributed by atoms with van der Waals surface area (Å²) in [6.07, 6.45) is 2.28. The number of hydrogen-bond donors (Lipinski definition) is 3. The first-order valence-electron chi connectivity index (χ1n) is 7.40. The van der Waals surface area contributed by atoms with Gasteiger partial charge in [0, 0.05) is 17.1 Å². The molecule has 0 amide bonds. The minimum Gasteiger partial charge on any atom is -0.493 e. The first kappa shape index (κ1) is 22.2. The lowest BCUT2D eigenvalue weighted by atomic mass is 10.1. The normalized spacial score (nSPS) is 9.92. The van der Waals surface area contributed by atoms with Gasteiger partial charge in [-0.25, -0.2) is 9.59 Å². The summed E-state index contributed by atoms with van der Waals surface area (Å²) < 4.78 is 11.6. The predicted octanol–water partition coefficient (Wildman–Crippen LogP) is 2.90. The van der Waals surface area contributed by atoms with E-state index in [2.05, 4.69) is 35.1 Å². The van der Waals surface area contributed by atoms with Crippen LogP contribution in [0.25, 0.3) is 0 Å². The van der Waals surface area contributed by atoms with Gasteiger partial charge in [-0.05, 0) is 30.5 Å². The van der Waals surface area contributed by atoms with Crippen molar-refractivity contribution in [3.8, 4) is 11.5 Å². The zero-order valence-corrected chi connectivity index (χ0v) is 15.8. The molecule has 0 saturated heterocycles. The van der Waals surface area contributed by atoms with Crippen LogP contribution >= 0.6 is 15.9 Å². The first-order chi connectivity index (χ1) is 11.3. The fraction of sp³-hybridized carbons (Fsp3) is 0.500. The van der Waals surface area contributed by atoms with Crippen LogP contribution in [0.15, 0.2) is 16.6 Å². The average Bonchev–Trinajstić information content (AvgIpc) is 2.56. The van der Waals surface area contributed by atoms with E-state index in [-0.39, 0.29) is 0 Å². The maximum absolute atomic E-state index is 9.10. The van der Waals surface area contributed by atoms with Crippen molar-refractivity contribution < 1.29 is 29.3 Å². The van der Waals surface area contributed by atoms with Gasteiger partial charge in [0.1, 0.15) is 0 Å². The average molecular weight is 406 g/mol. The molecular formula is C16H24BrNO6. The molecule has 136 valence electrons. The molecule has 0 spiro atoms. The van der Waals surface area contributed by atoms with E-state index in [1.54, 1.807) is 14.2 Å². The molecule has 24 heavy (non-hydrogen) atoms. The van der Waals surface area contributed by atoms with Crippen LogP contribution in [0.3, 0.4) is 0 Å². The maximum Gasteiger partial charge on any atom is 0.414 e. The van der Waals surface area contributed by atoms with E-state index in [1.165, 1.54) is 5.56 Å². The van der Waals surface area contributed by atoms with Gasteiger partial charge in [0.15, 0.2) is 11.5 Å². The summed E-state index contributed by atoms with van der Waals surface area (Å²) in [5.41, 5.74) is 1.18. The van der Waals surface area contributed by atoms with E-state index in [4.69, 9.17) is 29.3 Å². The van der Waals surface area contributed by atoms with Crippen molar-refractivity contribution in [2.75, 3.05) is 14.2 Å². The van der Waals surface area contributed by atoms with Crippen LogP contribution in [-0.2, 0) is 16.1 Å². The van der Waals surface area contributed by atoms with Crippen molar-refractivity contribution in [3.05, 3.63) is 22.2 Å². The number of carboxylic acid groups (broad SMARTS) is 2. The smallest absolute Gasteiger partial charge is 0.414 e. The Hall–Kier alpha value is -1.80. The quantitative estimate of drug-likeness (QED) is 0.598. The van der Waals surface area contributed by atoms with Gasteiger partial charge < -0.3 is 25.0 Å². The molecule has 1 aromatic carbocycles. The minimum absolute atomic E-state index is 0.560. The number of nitrogens with one attached hydrogen (secondary N) is 1. The van der Waals surface area contributed by atoms with Gasteiger partial charge in [0.2, 0.25) is 0 Å². The summed E-state index contributed by atoms with van der Waals surface area (Å²) >= 11 is 3.57. The standard InChI is InChI=1S/C14H22BrNO2.C2H2O4/c1-5-11(6-2)16-9-10-7-13(17-3)14(18-4)8-12(10)15;3-1(4)2(5)6/h7-8,11,16H,5-6,9H2,1-4H3;(H,3,4)(H,5,6). The SMILES string of the molecule is CCC(CC)NCc1cc(OC)c(OC)cc1Br.O=C(O)C(=O)O. The summed E-state index contributed by atoms with van der Waals surface area (Å²) in [6.45, 7) is 5.23. The van der Waals surface area contributed by atoms with Crippen LogP contribution in [0.5, 0.6) is 11.5 Å². The van der Waals surface area contributed by atoms with Gasteiger partial charge in [-0.15, -0.1) is 0 Å². The molecule has 0 radical (unpaired) electrons. The summed E-state index contributed by atoms with van der Waals surface area (Å²) in [5, 5.41) is 18.3. The predicted molar refractivity (Wildman–Crippen MR) is 93.7 cm³/mol. The highest BCUT2D eigenvalue weighted by molar-refractivity contribution is 9.10. The minimum atomic E-state index is -1.82. The highest BCUT2D eigenvalue weighted by atomic mass is 79.9. The molecule has 1 aromatic rings. The van der Waals surface area contributed by atoms with E-state index >= 15 is 0 Å². The van der Waals surface area contributed by atoms with Gasteiger partial charge in [-0.2, -0.15) is 0 Å². The van der Waals surface area contributed by atoms with Gasteiger partial charge in [0.05, 0.1) is 14.2 Å². The van der Waals surface area contributed by atoms with Crippen LogP contribution < -0.4 is 14.8 Å². The van der Waals surface area contributed by atoms with Gasteiger partial charge in [-0.3, -0.25) is 0 Å². The number of hydrogen-bond acceptors (Lipinski definition) is 5. The van der Waals surface area contributed by atoms with Crippen LogP contribution in [-0.4, -0.2) is 42.4 Å². The second kappa shape index (κ2) is 11.7. The van der Waals surface area contributed by atoms with Crippen molar-refractivity contribution in [2.45, 2.75) is 39.3 Å². The van der Waals surface area contributed by atoms with E-state index in [0.717, 1.165) is 35.4 Å². The number of carboxylic acids is 2. The van der Waals surface area contributed by atoms with E-state index < -0.39 is 11.9 Å². The summed E-state index contributed by atoms with van der Waals surface area (Å²) in [6, 6.07) is 4.52. The molecule has 8 heteroatoms. The van der Waals surface area contributed by atoms with Crippen molar-refractivity contribution in [3.63, 3.8) is 0 Å². The highest BCUT2D eigenvalue weighted by Gasteiger charge is 2.10. The topological polar surface area (TPSA) is 105 Å². The van der Waals surface area contributed by atoms with Gasteiger partial charge in [-0.1, -0.05) is 29.8 Å². The highest BCUT2D eigenvalue weighted by Crippen LogP contribution is 2.33. The van der Waals surface area contributed by atoms with Crippen molar-refractivity contribution in [2.24, 2.45) is 0 Å². The molecule has 0 aliphatic rings. The van der Waals surface area contributed by atoms with Gasteiger partial charge in [0.25, 0.3) is 0 Å². The third kappa shape index (κ3) is 7.65. The summed E-state index contributed by atoms with van der Waals surface area (Å²) in [7, 11) is 3.30. The number of ether oxygens (including phenoxy) is 2. The van der Waals surface area contributed by atoms with Crippen LogP contribution in [0.4, 0.5) is 0 Å². The molecule has 0 saturated carbocycles. The second-order valence-electron chi connectivity index (χ2n) is 4.80. The Bertz CT molecular complexity index is 534. The van der Waals surface area contributed by atoms with Crippen LogP contribution in [0.2, 0.25) is 0 Å². The van der Waals surface area contributed by atoms with E-state index in [9.17, 15) is 0 Å². The lowest BCUT2D eigenvalue weighted by molar-refractivity contribution is -0.159. The molecule has 0 bridgehead atoms. The number of methoxy groups -OCH3 is 2. The molecule has 1 rings (SSSR count). The first-order valence-corrected chi connectivity index (χ1v) is 8.19. The Morgan fingerprint density at radius 3 is 1.92 bits per heavy atom. The Balaban J connectivity index is 0.000000754. The molecule has 0 heterocycles.